The van der Waals surface area contributed by atoms with Gasteiger partial charge >= 0.3 is 5.97 Å². The highest BCUT2D eigenvalue weighted by Gasteiger charge is 2.13. The maximum atomic E-state index is 11.1. The van der Waals surface area contributed by atoms with Gasteiger partial charge in [0.1, 0.15) is 6.07 Å². The number of ether oxygens (including phenoxy) is 1. The molecule has 0 heterocycles. The first kappa shape index (κ1) is 11.0. The zero-order chi connectivity index (χ0) is 11.1. The van der Waals surface area contributed by atoms with E-state index in [4.69, 9.17) is 10.00 Å². The predicted molar refractivity (Wildman–Crippen MR) is 55.7 cm³/mol. The number of carbonyl (C=O) groups is 1. The van der Waals surface area contributed by atoms with Crippen molar-refractivity contribution in [1.82, 2.24) is 0 Å². The number of carbonyl (C=O) groups excluding carboxylic acids is 1. The lowest BCUT2D eigenvalue weighted by molar-refractivity contribution is -0.140. The first-order valence-corrected chi connectivity index (χ1v) is 4.55. The Hall–Kier alpha value is -2.08. The van der Waals surface area contributed by atoms with Gasteiger partial charge in [-0.3, -0.25) is 0 Å². The van der Waals surface area contributed by atoms with E-state index in [9.17, 15) is 4.79 Å². The minimum Gasteiger partial charge on any atom is -0.439 e. The first-order chi connectivity index (χ1) is 7.27. The largest absolute Gasteiger partial charge is 0.439 e. The molecule has 0 aliphatic heterocycles. The molecule has 1 aromatic carbocycles. The number of esters is 1. The highest BCUT2D eigenvalue weighted by Crippen LogP contribution is 2.15. The summed E-state index contributed by atoms with van der Waals surface area (Å²) < 4.78 is 4.94. The average Bonchev–Trinajstić information content (AvgIpc) is 2.27. The Bertz CT molecular complexity index is 390. The second-order valence-corrected chi connectivity index (χ2v) is 2.86. The van der Waals surface area contributed by atoms with Gasteiger partial charge in [-0.05, 0) is 6.92 Å². The van der Waals surface area contributed by atoms with E-state index < -0.39 is 12.1 Å². The van der Waals surface area contributed by atoms with Crippen LogP contribution in [0.25, 0.3) is 0 Å². The highest BCUT2D eigenvalue weighted by atomic mass is 16.5. The molecule has 76 valence electrons. The van der Waals surface area contributed by atoms with Crippen LogP contribution in [0.3, 0.4) is 0 Å². The Morgan fingerprint density at radius 2 is 2.13 bits per heavy atom. The Morgan fingerprint density at radius 1 is 1.47 bits per heavy atom. The minimum absolute atomic E-state index is 0.507. The van der Waals surface area contributed by atoms with Gasteiger partial charge in [0.05, 0.1) is 0 Å². The number of hydrogen-bond acceptors (Lipinski definition) is 3. The molecular formula is C12H11NO2. The third-order valence-electron chi connectivity index (χ3n) is 1.76. The quantitative estimate of drug-likeness (QED) is 0.557. The van der Waals surface area contributed by atoms with E-state index >= 15 is 0 Å². The van der Waals surface area contributed by atoms with E-state index in [0.29, 0.717) is 5.56 Å². The lowest BCUT2D eigenvalue weighted by Crippen LogP contribution is -2.07. The molecule has 0 bridgehead atoms. The molecule has 0 radical (unpaired) electrons. The summed E-state index contributed by atoms with van der Waals surface area (Å²) in [6, 6.07) is 10.9. The fourth-order valence-corrected chi connectivity index (χ4v) is 1.09. The molecule has 1 aromatic rings. The standard InChI is InChI=1S/C12H11NO2/c1-2-6-12(14)15-11(9-13)10-7-4-3-5-8-10/h2-8,11H,1H3/b6-2+. The van der Waals surface area contributed by atoms with E-state index in [1.165, 1.54) is 6.08 Å². The molecule has 0 aliphatic rings. The summed E-state index contributed by atoms with van der Waals surface area (Å²) in [5.41, 5.74) is 0.679. The van der Waals surface area contributed by atoms with Crippen LogP contribution in [-0.4, -0.2) is 5.97 Å². The SMILES string of the molecule is C/C=C/C(=O)OC(C#N)c1ccccc1. The molecule has 1 unspecified atom stereocenters. The fourth-order valence-electron chi connectivity index (χ4n) is 1.09. The van der Waals surface area contributed by atoms with E-state index in [2.05, 4.69) is 0 Å². The lowest BCUT2D eigenvalue weighted by atomic mass is 10.1. The Labute approximate surface area is 88.6 Å². The van der Waals surface area contributed by atoms with E-state index in [0.717, 1.165) is 0 Å². The van der Waals surface area contributed by atoms with Crippen LogP contribution in [0.1, 0.15) is 18.6 Å². The van der Waals surface area contributed by atoms with Gasteiger partial charge in [0, 0.05) is 11.6 Å². The topological polar surface area (TPSA) is 50.1 Å². The zero-order valence-corrected chi connectivity index (χ0v) is 8.38. The molecule has 0 aromatic heterocycles. The molecular weight excluding hydrogens is 190 g/mol. The van der Waals surface area contributed by atoms with Crippen molar-refractivity contribution in [3.8, 4) is 6.07 Å². The maximum absolute atomic E-state index is 11.1. The van der Waals surface area contributed by atoms with Gasteiger partial charge in [-0.2, -0.15) is 5.26 Å². The normalized spacial score (nSPS) is 12.0. The molecule has 1 atom stereocenters. The van der Waals surface area contributed by atoms with Crippen molar-refractivity contribution in [2.75, 3.05) is 0 Å². The van der Waals surface area contributed by atoms with Crippen LogP contribution in [0, 0.1) is 11.3 Å². The van der Waals surface area contributed by atoms with Crippen molar-refractivity contribution in [1.29, 1.82) is 5.26 Å². The first-order valence-electron chi connectivity index (χ1n) is 4.55. The number of nitriles is 1. The second kappa shape index (κ2) is 5.61. The number of hydrogen-bond donors (Lipinski definition) is 0. The molecule has 0 saturated carbocycles. The zero-order valence-electron chi connectivity index (χ0n) is 8.38. The van der Waals surface area contributed by atoms with Crippen LogP contribution in [-0.2, 0) is 9.53 Å². The Kier molecular flexibility index (Phi) is 4.11. The Morgan fingerprint density at radius 3 is 2.67 bits per heavy atom. The summed E-state index contributed by atoms with van der Waals surface area (Å²) in [5.74, 6) is -0.507. The highest BCUT2D eigenvalue weighted by molar-refractivity contribution is 5.82. The molecule has 0 spiro atoms. The molecule has 3 nitrogen and oxygen atoms in total. The van der Waals surface area contributed by atoms with E-state index in [1.807, 2.05) is 12.1 Å². The fraction of sp³-hybridized carbons (Fsp3) is 0.167. The molecule has 0 aliphatic carbocycles. The maximum Gasteiger partial charge on any atom is 0.332 e. The van der Waals surface area contributed by atoms with Gasteiger partial charge in [0.2, 0.25) is 6.10 Å². The number of rotatable bonds is 3. The summed E-state index contributed by atoms with van der Waals surface area (Å²) in [6.45, 7) is 1.71. The van der Waals surface area contributed by atoms with Crippen LogP contribution in [0.15, 0.2) is 42.5 Å². The predicted octanol–water partition coefficient (Wildman–Crippen LogP) is 2.37. The summed E-state index contributed by atoms with van der Waals surface area (Å²) in [5, 5.41) is 8.85. The van der Waals surface area contributed by atoms with Gasteiger partial charge in [0.15, 0.2) is 0 Å². The summed E-state index contributed by atoms with van der Waals surface area (Å²) >= 11 is 0. The van der Waals surface area contributed by atoms with Crippen LogP contribution in [0.5, 0.6) is 0 Å². The average molecular weight is 201 g/mol. The molecule has 15 heavy (non-hydrogen) atoms. The van der Waals surface area contributed by atoms with Crippen molar-refractivity contribution in [3.05, 3.63) is 48.0 Å². The van der Waals surface area contributed by atoms with Crippen molar-refractivity contribution < 1.29 is 9.53 Å². The lowest BCUT2D eigenvalue weighted by Gasteiger charge is -2.08. The molecule has 0 amide bonds. The van der Waals surface area contributed by atoms with Gasteiger partial charge < -0.3 is 4.74 Å². The Balaban J connectivity index is 2.75. The van der Waals surface area contributed by atoms with Crippen LogP contribution < -0.4 is 0 Å². The van der Waals surface area contributed by atoms with Gasteiger partial charge in [-0.25, -0.2) is 4.79 Å². The van der Waals surface area contributed by atoms with Crippen molar-refractivity contribution in [3.63, 3.8) is 0 Å². The van der Waals surface area contributed by atoms with E-state index in [1.54, 1.807) is 37.3 Å². The van der Waals surface area contributed by atoms with Crippen molar-refractivity contribution in [2.45, 2.75) is 13.0 Å². The summed E-state index contributed by atoms with van der Waals surface area (Å²) in [6.07, 6.45) is 2.02. The molecule has 3 heteroatoms. The third-order valence-corrected chi connectivity index (χ3v) is 1.76. The molecule has 1 rings (SSSR count). The summed E-state index contributed by atoms with van der Waals surface area (Å²) in [7, 11) is 0. The van der Waals surface area contributed by atoms with Crippen LogP contribution >= 0.6 is 0 Å². The number of benzene rings is 1. The van der Waals surface area contributed by atoms with Gasteiger partial charge in [-0.15, -0.1) is 0 Å². The van der Waals surface area contributed by atoms with Gasteiger partial charge in [0.25, 0.3) is 0 Å². The molecule has 0 fully saturated rings. The second-order valence-electron chi connectivity index (χ2n) is 2.86. The smallest absolute Gasteiger partial charge is 0.332 e. The molecule has 0 N–H and O–H groups in total. The third kappa shape index (κ3) is 3.28. The van der Waals surface area contributed by atoms with Crippen molar-refractivity contribution in [2.24, 2.45) is 0 Å². The van der Waals surface area contributed by atoms with Gasteiger partial charge in [-0.1, -0.05) is 36.4 Å². The van der Waals surface area contributed by atoms with Crippen molar-refractivity contribution >= 4 is 5.97 Å². The molecule has 0 saturated heterocycles. The summed E-state index contributed by atoms with van der Waals surface area (Å²) in [4.78, 5) is 11.1. The van der Waals surface area contributed by atoms with Crippen LogP contribution in [0.2, 0.25) is 0 Å². The number of allylic oxidation sites excluding steroid dienone is 1. The minimum atomic E-state index is -0.838. The monoisotopic (exact) mass is 201 g/mol. The van der Waals surface area contributed by atoms with E-state index in [-0.39, 0.29) is 0 Å². The van der Waals surface area contributed by atoms with Crippen LogP contribution in [0.4, 0.5) is 0 Å². The number of nitrogens with zero attached hydrogens (tertiary/aromatic N) is 1.